The fourth-order valence-corrected chi connectivity index (χ4v) is 17.7. The topological polar surface area (TPSA) is 288 Å². The summed E-state index contributed by atoms with van der Waals surface area (Å²) in [6.07, 6.45) is 4.33. The second-order valence-electron chi connectivity index (χ2n) is 28.8. The fourth-order valence-electron chi connectivity index (χ4n) is 13.7. The van der Waals surface area contributed by atoms with E-state index in [4.69, 9.17) is 39.9 Å². The summed E-state index contributed by atoms with van der Waals surface area (Å²) in [5, 5.41) is 38.8. The molecule has 0 radical (unpaired) electrons. The van der Waals surface area contributed by atoms with Crippen molar-refractivity contribution in [2.75, 3.05) is 130 Å². The first kappa shape index (κ1) is 86.3. The largest absolute Gasteiger partial charge is 0.376 e. The molecule has 0 spiro atoms. The van der Waals surface area contributed by atoms with Gasteiger partial charge in [-0.05, 0) is 197 Å². The Hall–Kier alpha value is -10.1. The Labute approximate surface area is 706 Å². The van der Waals surface area contributed by atoms with Gasteiger partial charge in [-0.2, -0.15) is 0 Å². The van der Waals surface area contributed by atoms with Crippen LogP contribution in [0.15, 0.2) is 263 Å². The highest BCUT2D eigenvalue weighted by atomic mass is 35.5. The van der Waals surface area contributed by atoms with Gasteiger partial charge in [0.1, 0.15) is 29.2 Å². The number of nitrogens with two attached hydrogens (primary N) is 1. The lowest BCUT2D eigenvalue weighted by molar-refractivity contribution is -0.384. The van der Waals surface area contributed by atoms with Gasteiger partial charge in [-0.15, -0.1) is 23.5 Å². The molecule has 14 rings (SSSR count). The average Bonchev–Trinajstić information content (AvgIpc) is 1.32. The molecule has 0 aliphatic carbocycles. The van der Waals surface area contributed by atoms with Crippen LogP contribution in [-0.4, -0.2) is 183 Å². The van der Waals surface area contributed by atoms with Crippen molar-refractivity contribution in [2.45, 2.75) is 57.6 Å². The zero-order chi connectivity index (χ0) is 82.6. The van der Waals surface area contributed by atoms with Gasteiger partial charge in [0.05, 0.1) is 30.7 Å². The number of nitrogens with zero attached hydrogens (tertiary/aromatic N) is 12. The molecule has 4 heterocycles. The molecule has 0 saturated carbocycles. The normalized spacial score (nSPS) is 14.0. The third kappa shape index (κ3) is 24.3. The van der Waals surface area contributed by atoms with E-state index in [0.717, 1.165) is 140 Å². The van der Waals surface area contributed by atoms with Crippen molar-refractivity contribution in [1.29, 1.82) is 0 Å². The van der Waals surface area contributed by atoms with Crippen LogP contribution >= 0.6 is 58.3 Å². The van der Waals surface area contributed by atoms with Gasteiger partial charge in [-0.25, -0.2) is 41.9 Å². The second-order valence-corrected chi connectivity index (χ2v) is 35.4. The minimum absolute atomic E-state index is 0.0494. The molecule has 2 aliphatic rings. The Morgan fingerprint density at radius 1 is 0.479 bits per heavy atom. The lowest BCUT2D eigenvalue weighted by atomic mass is 9.99. The average molecular weight is 1710 g/mol. The summed E-state index contributed by atoms with van der Waals surface area (Å²) >= 11 is 21.7. The summed E-state index contributed by atoms with van der Waals surface area (Å²) in [6, 6.07) is 72.3. The number of anilines is 5. The zero-order valence-electron chi connectivity index (χ0n) is 65.0. The summed E-state index contributed by atoms with van der Waals surface area (Å²) in [5.74, 6) is 1.45. The first-order chi connectivity index (χ1) is 56.4. The molecule has 2 fully saturated rings. The number of benzene rings is 10. The van der Waals surface area contributed by atoms with Crippen LogP contribution in [0.1, 0.15) is 24.0 Å². The molecule has 31 heteroatoms. The number of rotatable bonds is 30. The summed E-state index contributed by atoms with van der Waals surface area (Å²) in [7, 11) is -0.400. The maximum atomic E-state index is 13.7. The van der Waals surface area contributed by atoms with Gasteiger partial charge in [-0.3, -0.25) is 34.8 Å². The lowest BCUT2D eigenvalue weighted by Crippen LogP contribution is -2.46. The number of piperazine rings is 2. The van der Waals surface area contributed by atoms with E-state index in [1.165, 1.54) is 70.4 Å². The molecule has 2 saturated heterocycles. The quantitative estimate of drug-likeness (QED) is 0.0141. The highest BCUT2D eigenvalue weighted by Gasteiger charge is 2.28. The molecule has 12 aromatic rings. The third-order valence-corrected chi connectivity index (χ3v) is 25.4. The van der Waals surface area contributed by atoms with Crippen LogP contribution in [0, 0.1) is 20.2 Å². The molecule has 2 aromatic heterocycles. The molecule has 608 valence electrons. The first-order valence-electron chi connectivity index (χ1n) is 37.9. The van der Waals surface area contributed by atoms with Gasteiger partial charge < -0.3 is 30.2 Å². The Balaban J connectivity index is 0.000000179. The van der Waals surface area contributed by atoms with E-state index < -0.39 is 29.9 Å². The van der Waals surface area contributed by atoms with Crippen molar-refractivity contribution in [2.24, 2.45) is 5.14 Å². The number of fused-ring (bicyclic) bond motifs is 2. The molecule has 2 aliphatic heterocycles. The van der Waals surface area contributed by atoms with Crippen LogP contribution in [0.2, 0.25) is 15.2 Å². The smallest absolute Gasteiger partial charge is 0.293 e. The number of nitrogens with one attached hydrogen (secondary N) is 3. The lowest BCUT2D eigenvalue weighted by Gasteiger charge is -2.36. The molecular weight excluding hydrogens is 1620 g/mol. The van der Waals surface area contributed by atoms with Gasteiger partial charge in [0, 0.05) is 143 Å². The highest BCUT2D eigenvalue weighted by Crippen LogP contribution is 2.36. The number of nitro groups is 2. The van der Waals surface area contributed by atoms with Crippen LogP contribution in [0.4, 0.5) is 39.9 Å². The second kappa shape index (κ2) is 40.9. The number of hydrogen-bond acceptors (Lipinski definition) is 22. The molecule has 24 nitrogen and oxygen atoms in total. The maximum absolute atomic E-state index is 13.7. The standard InChI is InChI=1S/C43H45ClN8O4S2.C25H22Cl2N4.C18H24N4O4S2/c1-49(2)21-20-34(29-57-36-9-4-3-5-10-36)47-40-19-17-37(27-42(40)52(53)54)58(55,56)48-43-39-18-16-35(26-41(39)45-30-46-43)51-24-22-50(23-25-51)28-32-8-6-7-11-38(32)31-12-14-33(44)15-13-31;26-20-7-5-18(6-8-20)22-4-2-1-3-19(22)16-30-11-13-31(14-12-30)21-9-10-23-24(15-21)28-17-29-25(23)27;1-21(2)11-10-14(13-27-15-6-4-3-5-7-15)20-17-9-8-16(28(19,25)26)12-18(17)22(23)24/h3-19,26-27,30,34,47H,20-25,28-29H2,1-2H3,(H,45,46,48);1-10,15,17H,11-14,16H2;3-9,12,14,20H,10-11,13H2,1-2H3,(H2,19,25,26)/t34-;;14-/m1.1/s1. The van der Waals surface area contributed by atoms with E-state index in [1.807, 2.05) is 142 Å². The highest BCUT2D eigenvalue weighted by molar-refractivity contribution is 7.99. The predicted octanol–water partition coefficient (Wildman–Crippen LogP) is 17.2. The van der Waals surface area contributed by atoms with Crippen molar-refractivity contribution in [3.05, 3.63) is 290 Å². The number of aromatic nitrogens is 4. The molecule has 0 unspecified atom stereocenters. The molecular formula is C86H91Cl3N16O8S4. The van der Waals surface area contributed by atoms with Gasteiger partial charge in [0.2, 0.25) is 10.0 Å². The van der Waals surface area contributed by atoms with E-state index >= 15 is 0 Å². The van der Waals surface area contributed by atoms with Gasteiger partial charge in [0.25, 0.3) is 21.4 Å². The number of sulfonamides is 2. The van der Waals surface area contributed by atoms with E-state index in [-0.39, 0.29) is 50.4 Å². The zero-order valence-corrected chi connectivity index (χ0v) is 70.6. The van der Waals surface area contributed by atoms with E-state index in [1.54, 1.807) is 23.5 Å². The van der Waals surface area contributed by atoms with Crippen LogP contribution < -0.4 is 30.3 Å². The fraction of sp³-hybridized carbons (Fsp3) is 0.256. The SMILES string of the molecule is CN(C)CC[C@H](CSc1ccccc1)Nc1ccc(S(=O)(=O)Nc2ncnc3cc(N4CCN(Cc5ccccc5-c5ccc(Cl)cc5)CC4)ccc23)cc1[N+](=O)[O-].CN(C)CC[C@H](CSc1ccccc1)Nc1ccc(S(N)(=O)=O)cc1[N+](=O)[O-].Clc1ccc(-c2ccccc2CN2CCN(c3ccc4c(Cl)ncnc4c3)CC2)cc1. The first-order valence-corrected chi connectivity index (χ1v) is 44.1. The van der Waals surface area contributed by atoms with Crippen LogP contribution in [-0.2, 0) is 33.1 Å². The van der Waals surface area contributed by atoms with Crippen LogP contribution in [0.25, 0.3) is 44.1 Å². The van der Waals surface area contributed by atoms with E-state index in [9.17, 15) is 37.1 Å². The Morgan fingerprint density at radius 2 is 0.889 bits per heavy atom. The molecule has 0 bridgehead atoms. The summed E-state index contributed by atoms with van der Waals surface area (Å²) in [6.45, 7) is 10.7. The minimum Gasteiger partial charge on any atom is -0.376 e. The summed E-state index contributed by atoms with van der Waals surface area (Å²) in [4.78, 5) is 55.2. The van der Waals surface area contributed by atoms with Crippen molar-refractivity contribution in [1.82, 2.24) is 39.5 Å². The number of hydrogen-bond donors (Lipinski definition) is 4. The molecule has 5 N–H and O–H groups in total. The Kier molecular flexibility index (Phi) is 30.2. The van der Waals surface area contributed by atoms with Gasteiger partial charge >= 0.3 is 0 Å². The summed E-state index contributed by atoms with van der Waals surface area (Å²) < 4.78 is 53.1. The van der Waals surface area contributed by atoms with E-state index in [0.29, 0.717) is 32.6 Å². The van der Waals surface area contributed by atoms with Gasteiger partial charge in [-0.1, -0.05) is 144 Å². The maximum Gasteiger partial charge on any atom is 0.293 e. The van der Waals surface area contributed by atoms with Crippen molar-refractivity contribution < 1.29 is 26.7 Å². The van der Waals surface area contributed by atoms with Crippen molar-refractivity contribution in [3.63, 3.8) is 0 Å². The Bertz CT molecular complexity index is 5610. The monoisotopic (exact) mass is 1710 g/mol. The molecule has 0 amide bonds. The molecule has 10 aromatic carbocycles. The van der Waals surface area contributed by atoms with Crippen LogP contribution in [0.5, 0.6) is 0 Å². The number of nitro benzene ring substituents is 2. The van der Waals surface area contributed by atoms with Crippen molar-refractivity contribution >= 4 is 140 Å². The minimum atomic E-state index is -4.26. The Morgan fingerprint density at radius 3 is 1.33 bits per heavy atom. The molecule has 2 atom stereocenters. The summed E-state index contributed by atoms with van der Waals surface area (Å²) in [5.41, 5.74) is 10.9. The number of thioether (sulfide) groups is 2. The van der Waals surface area contributed by atoms with E-state index in [2.05, 4.69) is 145 Å². The van der Waals surface area contributed by atoms with Crippen LogP contribution in [0.3, 0.4) is 0 Å². The third-order valence-electron chi connectivity index (χ3n) is 20.0. The predicted molar refractivity (Wildman–Crippen MR) is 477 cm³/mol. The number of halogens is 3. The van der Waals surface area contributed by atoms with Crippen molar-refractivity contribution in [3.8, 4) is 22.3 Å². The number of primary sulfonamides is 1. The van der Waals surface area contributed by atoms with Gasteiger partial charge in [0.15, 0.2) is 5.82 Å². The molecule has 117 heavy (non-hydrogen) atoms.